The van der Waals surface area contributed by atoms with E-state index in [4.69, 9.17) is 0 Å². The minimum atomic E-state index is 0.0556. The van der Waals surface area contributed by atoms with Gasteiger partial charge < -0.3 is 0 Å². The predicted molar refractivity (Wildman–Crippen MR) is 84.7 cm³/mol. The molecule has 0 radical (unpaired) electrons. The molecule has 20 heavy (non-hydrogen) atoms. The number of halogens is 1. The Morgan fingerprint density at radius 1 is 1.05 bits per heavy atom. The van der Waals surface area contributed by atoms with E-state index in [1.165, 1.54) is 44.1 Å². The highest BCUT2D eigenvalue weighted by atomic mass is 19.1. The van der Waals surface area contributed by atoms with Gasteiger partial charge in [-0.25, -0.2) is 4.39 Å². The van der Waals surface area contributed by atoms with Crippen LogP contribution in [0.25, 0.3) is 0 Å². The van der Waals surface area contributed by atoms with Gasteiger partial charge in [0.15, 0.2) is 0 Å². The van der Waals surface area contributed by atoms with Crippen LogP contribution < -0.4 is 0 Å². The van der Waals surface area contributed by atoms with Gasteiger partial charge >= 0.3 is 0 Å². The summed E-state index contributed by atoms with van der Waals surface area (Å²) >= 11 is 0. The number of aryl methyl sites for hydroxylation is 1. The fourth-order valence-electron chi connectivity index (χ4n) is 3.83. The smallest absolute Gasteiger partial charge is 0.129 e. The molecule has 112 valence electrons. The van der Waals surface area contributed by atoms with Crippen LogP contribution in [0.15, 0.2) is 12.1 Å². The highest BCUT2D eigenvalue weighted by Gasteiger charge is 2.24. The minimum absolute atomic E-state index is 0.0556. The zero-order valence-corrected chi connectivity index (χ0v) is 13.3. The van der Waals surface area contributed by atoms with E-state index in [0.29, 0.717) is 5.92 Å². The normalized spacial score (nSPS) is 23.0. The van der Waals surface area contributed by atoms with Gasteiger partial charge in [-0.15, -0.1) is 0 Å². The van der Waals surface area contributed by atoms with Crippen LogP contribution in [0.2, 0.25) is 0 Å². The number of rotatable bonds is 5. The van der Waals surface area contributed by atoms with Crippen molar-refractivity contribution in [2.45, 2.75) is 78.1 Å². The van der Waals surface area contributed by atoms with Gasteiger partial charge in [0.1, 0.15) is 5.82 Å². The molecule has 0 aliphatic heterocycles. The Morgan fingerprint density at radius 3 is 2.35 bits per heavy atom. The van der Waals surface area contributed by atoms with Crippen LogP contribution in [0.3, 0.4) is 0 Å². The maximum Gasteiger partial charge on any atom is 0.129 e. The Kier molecular flexibility index (Phi) is 5.63. The maximum atomic E-state index is 14.4. The van der Waals surface area contributed by atoms with Crippen LogP contribution >= 0.6 is 0 Å². The lowest BCUT2D eigenvalue weighted by Gasteiger charge is -2.29. The van der Waals surface area contributed by atoms with Gasteiger partial charge in [0.05, 0.1) is 0 Å². The van der Waals surface area contributed by atoms with Crippen LogP contribution in [0.5, 0.6) is 0 Å². The van der Waals surface area contributed by atoms with E-state index in [1.54, 1.807) is 0 Å². The molecule has 0 spiro atoms. The van der Waals surface area contributed by atoms with Crippen molar-refractivity contribution in [3.05, 3.63) is 34.6 Å². The van der Waals surface area contributed by atoms with Crippen molar-refractivity contribution in [3.8, 4) is 0 Å². The van der Waals surface area contributed by atoms with Gasteiger partial charge in [-0.3, -0.25) is 0 Å². The van der Waals surface area contributed by atoms with Crippen molar-refractivity contribution in [1.29, 1.82) is 0 Å². The van der Waals surface area contributed by atoms with Crippen LogP contribution in [0.4, 0.5) is 4.39 Å². The van der Waals surface area contributed by atoms with Crippen LogP contribution in [0.1, 0.15) is 81.4 Å². The first-order valence-electron chi connectivity index (χ1n) is 8.45. The molecule has 1 saturated carbocycles. The SMILES string of the molecule is CCCc1ccc(C2CCC(CCC)CC2)c(C)c1F. The first-order valence-corrected chi connectivity index (χ1v) is 8.45. The highest BCUT2D eigenvalue weighted by molar-refractivity contribution is 5.35. The van der Waals surface area contributed by atoms with Crippen molar-refractivity contribution in [2.24, 2.45) is 5.92 Å². The van der Waals surface area contributed by atoms with Gasteiger partial charge in [0, 0.05) is 0 Å². The number of hydrogen-bond acceptors (Lipinski definition) is 0. The summed E-state index contributed by atoms with van der Waals surface area (Å²) in [5, 5.41) is 0. The molecule has 0 aromatic heterocycles. The Balaban J connectivity index is 2.08. The van der Waals surface area contributed by atoms with E-state index in [-0.39, 0.29) is 5.82 Å². The van der Waals surface area contributed by atoms with E-state index in [1.807, 2.05) is 13.0 Å². The van der Waals surface area contributed by atoms with Crippen LogP contribution in [-0.2, 0) is 6.42 Å². The zero-order valence-electron chi connectivity index (χ0n) is 13.3. The topological polar surface area (TPSA) is 0 Å². The van der Waals surface area contributed by atoms with Crippen LogP contribution in [0, 0.1) is 18.7 Å². The van der Waals surface area contributed by atoms with Crippen molar-refractivity contribution in [1.82, 2.24) is 0 Å². The second-order valence-electron chi connectivity index (χ2n) is 6.51. The molecule has 1 fully saturated rings. The summed E-state index contributed by atoms with van der Waals surface area (Å²) in [6.45, 7) is 6.36. The molecule has 1 aliphatic rings. The molecule has 0 nitrogen and oxygen atoms in total. The molecule has 1 aromatic rings. The number of benzene rings is 1. The average molecular weight is 276 g/mol. The summed E-state index contributed by atoms with van der Waals surface area (Å²) in [4.78, 5) is 0. The largest absolute Gasteiger partial charge is 0.206 e. The summed E-state index contributed by atoms with van der Waals surface area (Å²) in [6.07, 6.45) is 9.70. The standard InChI is InChI=1S/C19H29F/c1-4-6-15-8-10-16(11-9-15)18-13-12-17(7-5-2)19(20)14(18)3/h12-13,15-16H,4-11H2,1-3H3. The summed E-state index contributed by atoms with van der Waals surface area (Å²) in [5.74, 6) is 1.56. The van der Waals surface area contributed by atoms with Crippen molar-refractivity contribution in [2.75, 3.05) is 0 Å². The molecule has 0 unspecified atom stereocenters. The van der Waals surface area contributed by atoms with Gasteiger partial charge in [-0.05, 0) is 67.6 Å². The molecule has 0 saturated heterocycles. The quantitative estimate of drug-likeness (QED) is 0.604. The third-order valence-corrected chi connectivity index (χ3v) is 5.01. The fraction of sp³-hybridized carbons (Fsp3) is 0.684. The molecule has 1 aromatic carbocycles. The van der Waals surface area contributed by atoms with Gasteiger partial charge in [-0.1, -0.05) is 45.2 Å². The minimum Gasteiger partial charge on any atom is -0.206 e. The summed E-state index contributed by atoms with van der Waals surface area (Å²) in [6, 6.07) is 4.23. The summed E-state index contributed by atoms with van der Waals surface area (Å²) in [7, 11) is 0. The lowest BCUT2D eigenvalue weighted by atomic mass is 9.76. The Labute approximate surface area is 123 Å². The Hall–Kier alpha value is -0.850. The molecule has 2 rings (SSSR count). The molecule has 0 heterocycles. The molecule has 0 N–H and O–H groups in total. The third-order valence-electron chi connectivity index (χ3n) is 5.01. The molecule has 1 aliphatic carbocycles. The predicted octanol–water partition coefficient (Wildman–Crippen LogP) is 6.16. The van der Waals surface area contributed by atoms with Crippen LogP contribution in [-0.4, -0.2) is 0 Å². The molecule has 1 heteroatoms. The second-order valence-corrected chi connectivity index (χ2v) is 6.51. The zero-order chi connectivity index (χ0) is 14.5. The fourth-order valence-corrected chi connectivity index (χ4v) is 3.83. The summed E-state index contributed by atoms with van der Waals surface area (Å²) < 4.78 is 14.4. The first-order chi connectivity index (χ1) is 9.67. The highest BCUT2D eigenvalue weighted by Crippen LogP contribution is 2.39. The van der Waals surface area contributed by atoms with E-state index in [9.17, 15) is 4.39 Å². The Bertz CT molecular complexity index is 428. The van der Waals surface area contributed by atoms with Gasteiger partial charge in [0.25, 0.3) is 0 Å². The average Bonchev–Trinajstić information content (AvgIpc) is 2.46. The summed E-state index contributed by atoms with van der Waals surface area (Å²) in [5.41, 5.74) is 3.08. The molecular weight excluding hydrogens is 247 g/mol. The van der Waals surface area contributed by atoms with Gasteiger partial charge in [-0.2, -0.15) is 0 Å². The maximum absolute atomic E-state index is 14.4. The van der Waals surface area contributed by atoms with E-state index in [2.05, 4.69) is 19.9 Å². The lowest BCUT2D eigenvalue weighted by Crippen LogP contribution is -2.14. The Morgan fingerprint density at radius 2 is 1.75 bits per heavy atom. The van der Waals surface area contributed by atoms with E-state index in [0.717, 1.165) is 29.9 Å². The van der Waals surface area contributed by atoms with Gasteiger partial charge in [0.2, 0.25) is 0 Å². The van der Waals surface area contributed by atoms with Crippen molar-refractivity contribution in [3.63, 3.8) is 0 Å². The van der Waals surface area contributed by atoms with E-state index >= 15 is 0 Å². The molecule has 0 amide bonds. The first kappa shape index (κ1) is 15.5. The third kappa shape index (κ3) is 3.42. The van der Waals surface area contributed by atoms with E-state index < -0.39 is 0 Å². The molecular formula is C19H29F. The number of hydrogen-bond donors (Lipinski definition) is 0. The molecule has 0 bridgehead atoms. The van der Waals surface area contributed by atoms with Crippen molar-refractivity contribution >= 4 is 0 Å². The lowest BCUT2D eigenvalue weighted by molar-refractivity contribution is 0.307. The monoisotopic (exact) mass is 276 g/mol. The second kappa shape index (κ2) is 7.24. The molecule has 0 atom stereocenters. The van der Waals surface area contributed by atoms with Crippen molar-refractivity contribution < 1.29 is 4.39 Å².